The van der Waals surface area contributed by atoms with Crippen molar-refractivity contribution in [1.29, 1.82) is 0 Å². The number of anilines is 2. The van der Waals surface area contributed by atoms with Gasteiger partial charge in [0.25, 0.3) is 0 Å². The lowest BCUT2D eigenvalue weighted by Gasteiger charge is -2.30. The van der Waals surface area contributed by atoms with Crippen molar-refractivity contribution < 1.29 is 0 Å². The molecule has 0 unspecified atom stereocenters. The Morgan fingerprint density at radius 2 is 1.81 bits per heavy atom. The third-order valence-corrected chi connectivity index (χ3v) is 7.20. The second kappa shape index (κ2) is 9.35. The third kappa shape index (κ3) is 4.22. The van der Waals surface area contributed by atoms with Gasteiger partial charge in [0.1, 0.15) is 0 Å². The average molecular weight is 481 g/mol. The van der Waals surface area contributed by atoms with E-state index >= 15 is 0 Å². The van der Waals surface area contributed by atoms with Crippen LogP contribution >= 0.6 is 0 Å². The molecule has 0 aliphatic carbocycles. The second-order valence-electron chi connectivity index (χ2n) is 10.0. The fourth-order valence-corrected chi connectivity index (χ4v) is 5.07. The summed E-state index contributed by atoms with van der Waals surface area (Å²) in [7, 11) is 0. The molecule has 2 aliphatic heterocycles. The minimum absolute atomic E-state index is 0.255. The van der Waals surface area contributed by atoms with Crippen molar-refractivity contribution in [1.82, 2.24) is 19.6 Å². The van der Waals surface area contributed by atoms with Gasteiger partial charge in [-0.15, -0.1) is 0 Å². The Hall–Kier alpha value is -3.78. The van der Waals surface area contributed by atoms with Crippen molar-refractivity contribution in [2.75, 3.05) is 23.3 Å². The molecule has 2 aromatic carbocycles. The molecule has 0 radical (unpaired) electrons. The summed E-state index contributed by atoms with van der Waals surface area (Å²) in [5.41, 5.74) is 13.9. The molecular weight excluding hydrogens is 448 g/mol. The Balaban J connectivity index is 1.32. The first kappa shape index (κ1) is 22.7. The third-order valence-electron chi connectivity index (χ3n) is 7.20. The molecule has 2 aliphatic rings. The van der Waals surface area contributed by atoms with Gasteiger partial charge in [-0.1, -0.05) is 56.3 Å². The zero-order valence-electron chi connectivity index (χ0n) is 20.9. The summed E-state index contributed by atoms with van der Waals surface area (Å²) in [6, 6.07) is 17.1. The molecule has 0 saturated carbocycles. The Kier molecular flexibility index (Phi) is 5.89. The summed E-state index contributed by atoms with van der Waals surface area (Å²) in [6.45, 7) is 6.68. The van der Waals surface area contributed by atoms with Gasteiger partial charge in [-0.25, -0.2) is 0 Å². The van der Waals surface area contributed by atoms with Crippen LogP contribution in [0.3, 0.4) is 0 Å². The molecule has 1 saturated heterocycles. The average Bonchev–Trinajstić information content (AvgIpc) is 3.52. The van der Waals surface area contributed by atoms with Crippen molar-refractivity contribution in [3.05, 3.63) is 77.0 Å². The van der Waals surface area contributed by atoms with E-state index < -0.39 is 0 Å². The molecule has 6 rings (SSSR count). The Morgan fingerprint density at radius 3 is 2.61 bits per heavy atom. The van der Waals surface area contributed by atoms with Gasteiger partial charge in [0.05, 0.1) is 17.6 Å². The maximum absolute atomic E-state index is 6.15. The molecule has 0 bridgehead atoms. The Bertz CT molecular complexity index is 1430. The van der Waals surface area contributed by atoms with Crippen LogP contribution in [0, 0.1) is 0 Å². The molecule has 4 heterocycles. The zero-order chi connectivity index (χ0) is 24.6. The summed E-state index contributed by atoms with van der Waals surface area (Å²) in [4.78, 5) is 17.0. The molecule has 3 N–H and O–H groups in total. The van der Waals surface area contributed by atoms with E-state index in [2.05, 4.69) is 71.6 Å². The number of hydrogen-bond donors (Lipinski definition) is 2. The number of nitrogens with zero attached hydrogens (tertiary/aromatic N) is 6. The minimum Gasteiger partial charge on any atom is -0.350 e. The topological polar surface area (TPSA) is 96.7 Å². The van der Waals surface area contributed by atoms with E-state index in [-0.39, 0.29) is 6.04 Å². The second-order valence-corrected chi connectivity index (χ2v) is 10.0. The van der Waals surface area contributed by atoms with Crippen LogP contribution in [0.4, 0.5) is 17.6 Å². The van der Waals surface area contributed by atoms with Gasteiger partial charge in [0.2, 0.25) is 11.9 Å². The number of aliphatic imine (C=N–C) groups is 1. The van der Waals surface area contributed by atoms with Crippen LogP contribution < -0.4 is 16.0 Å². The van der Waals surface area contributed by atoms with E-state index in [1.807, 2.05) is 16.8 Å². The van der Waals surface area contributed by atoms with E-state index in [0.29, 0.717) is 18.4 Å². The monoisotopic (exact) mass is 480 g/mol. The summed E-state index contributed by atoms with van der Waals surface area (Å²) in [5, 5.41) is 8.22. The van der Waals surface area contributed by atoms with Crippen LogP contribution in [0.2, 0.25) is 0 Å². The number of benzene rings is 2. The summed E-state index contributed by atoms with van der Waals surface area (Å²) in [5.74, 6) is 1.75. The lowest BCUT2D eigenvalue weighted by atomic mass is 9.99. The number of para-hydroxylation sites is 1. The van der Waals surface area contributed by atoms with Crippen molar-refractivity contribution in [2.45, 2.75) is 51.6 Å². The largest absolute Gasteiger partial charge is 0.350 e. The number of nitrogens with one attached hydrogen (secondary N) is 1. The number of nitrogens with two attached hydrogens (primary N) is 1. The van der Waals surface area contributed by atoms with E-state index in [0.717, 1.165) is 60.9 Å². The van der Waals surface area contributed by atoms with Gasteiger partial charge in [0, 0.05) is 43.2 Å². The minimum atomic E-state index is 0.255. The van der Waals surface area contributed by atoms with Gasteiger partial charge in [-0.2, -0.15) is 19.6 Å². The number of fused-ring (bicyclic) bond motifs is 2. The van der Waals surface area contributed by atoms with Crippen LogP contribution in [-0.4, -0.2) is 44.4 Å². The Morgan fingerprint density at radius 1 is 1.03 bits per heavy atom. The highest BCUT2D eigenvalue weighted by Gasteiger charge is 2.23. The SMILES string of the molecule is CC(C)c1cnn2c(NCc3ccccc3C3=Nc4ccccc4C3)nc(N3CCC(N)CC3)nc12. The number of aromatic nitrogens is 4. The highest BCUT2D eigenvalue weighted by atomic mass is 15.4. The lowest BCUT2D eigenvalue weighted by Crippen LogP contribution is -2.40. The molecule has 0 spiro atoms. The van der Waals surface area contributed by atoms with Crippen molar-refractivity contribution in [3.63, 3.8) is 0 Å². The van der Waals surface area contributed by atoms with E-state index in [4.69, 9.17) is 20.7 Å². The molecule has 0 atom stereocenters. The first-order chi connectivity index (χ1) is 17.6. The number of hydrogen-bond acceptors (Lipinski definition) is 7. The molecule has 8 nitrogen and oxygen atoms in total. The van der Waals surface area contributed by atoms with Crippen LogP contribution in [0.5, 0.6) is 0 Å². The Labute approximate surface area is 211 Å². The van der Waals surface area contributed by atoms with Gasteiger partial charge < -0.3 is 16.0 Å². The number of piperidine rings is 1. The van der Waals surface area contributed by atoms with Crippen LogP contribution in [-0.2, 0) is 13.0 Å². The highest BCUT2D eigenvalue weighted by Crippen LogP contribution is 2.30. The first-order valence-corrected chi connectivity index (χ1v) is 12.8. The number of rotatable bonds is 6. The van der Waals surface area contributed by atoms with E-state index in [9.17, 15) is 0 Å². The maximum Gasteiger partial charge on any atom is 0.230 e. The van der Waals surface area contributed by atoms with Crippen LogP contribution in [0.1, 0.15) is 54.9 Å². The van der Waals surface area contributed by atoms with Gasteiger partial charge in [-0.3, -0.25) is 4.99 Å². The quantitative estimate of drug-likeness (QED) is 0.423. The predicted molar refractivity (Wildman–Crippen MR) is 144 cm³/mol. The summed E-state index contributed by atoms with van der Waals surface area (Å²) < 4.78 is 1.83. The van der Waals surface area contributed by atoms with E-state index in [1.54, 1.807) is 0 Å². The lowest BCUT2D eigenvalue weighted by molar-refractivity contribution is 0.495. The first-order valence-electron chi connectivity index (χ1n) is 12.8. The normalized spacial score (nSPS) is 16.0. The van der Waals surface area contributed by atoms with E-state index in [1.165, 1.54) is 16.7 Å². The van der Waals surface area contributed by atoms with Gasteiger partial charge >= 0.3 is 0 Å². The zero-order valence-corrected chi connectivity index (χ0v) is 20.9. The molecule has 4 aromatic rings. The van der Waals surface area contributed by atoms with Crippen molar-refractivity contribution in [3.8, 4) is 0 Å². The van der Waals surface area contributed by atoms with Crippen molar-refractivity contribution in [2.24, 2.45) is 10.7 Å². The summed E-state index contributed by atoms with van der Waals surface area (Å²) >= 11 is 0. The fourth-order valence-electron chi connectivity index (χ4n) is 5.07. The maximum atomic E-state index is 6.15. The van der Waals surface area contributed by atoms with Crippen LogP contribution in [0.25, 0.3) is 5.65 Å². The predicted octanol–water partition coefficient (Wildman–Crippen LogP) is 4.46. The molecule has 36 heavy (non-hydrogen) atoms. The molecule has 0 amide bonds. The molecule has 8 heteroatoms. The van der Waals surface area contributed by atoms with Gasteiger partial charge in [0.15, 0.2) is 5.65 Å². The molecular formula is C28H32N8. The fraction of sp³-hybridized carbons (Fsp3) is 0.357. The smallest absolute Gasteiger partial charge is 0.230 e. The van der Waals surface area contributed by atoms with Crippen LogP contribution in [0.15, 0.2) is 59.7 Å². The van der Waals surface area contributed by atoms with Crippen molar-refractivity contribution >= 4 is 28.9 Å². The highest BCUT2D eigenvalue weighted by molar-refractivity contribution is 6.07. The van der Waals surface area contributed by atoms with Gasteiger partial charge in [-0.05, 0) is 36.0 Å². The molecule has 1 fully saturated rings. The standard InChI is InChI=1S/C28H32N8/c1-18(2)23-17-31-36-26(23)33-28(35-13-11-21(29)12-14-35)34-27(36)30-16-20-8-3-5-9-22(20)25-15-19-7-4-6-10-24(19)32-25/h3-10,17-18,21H,11-16,29H2,1-2H3,(H,30,33,34). The summed E-state index contributed by atoms with van der Waals surface area (Å²) in [6.07, 6.45) is 4.66. The molecule has 2 aromatic heterocycles. The molecule has 184 valence electrons.